The summed E-state index contributed by atoms with van der Waals surface area (Å²) >= 11 is 0. The van der Waals surface area contributed by atoms with Crippen molar-refractivity contribution in [1.82, 2.24) is 10.2 Å². The molecule has 1 aliphatic rings. The molecule has 1 saturated heterocycles. The normalized spacial score (nSPS) is 26.4. The quantitative estimate of drug-likeness (QED) is 0.744. The summed E-state index contributed by atoms with van der Waals surface area (Å²) in [6.45, 7) is 15.1. The Morgan fingerprint density at radius 3 is 2.43 bits per heavy atom. The van der Waals surface area contributed by atoms with Crippen molar-refractivity contribution in [1.29, 1.82) is 0 Å². The molecule has 1 fully saturated rings. The van der Waals surface area contributed by atoms with Crippen LogP contribution in [0.25, 0.3) is 0 Å². The van der Waals surface area contributed by atoms with E-state index in [1.807, 2.05) is 0 Å². The van der Waals surface area contributed by atoms with E-state index < -0.39 is 0 Å². The molecule has 1 rings (SSSR count). The SMILES string of the molecule is CCN(CC1CC(C)(C)CN1)C(C)C. The zero-order valence-corrected chi connectivity index (χ0v) is 10.4. The summed E-state index contributed by atoms with van der Waals surface area (Å²) in [5.41, 5.74) is 0.501. The van der Waals surface area contributed by atoms with E-state index in [0.29, 0.717) is 17.5 Å². The van der Waals surface area contributed by atoms with Gasteiger partial charge in [0.2, 0.25) is 0 Å². The minimum atomic E-state index is 0.501. The molecule has 1 atom stereocenters. The van der Waals surface area contributed by atoms with Crippen molar-refractivity contribution in [2.45, 2.75) is 53.1 Å². The van der Waals surface area contributed by atoms with Crippen molar-refractivity contribution >= 4 is 0 Å². The number of hydrogen-bond donors (Lipinski definition) is 1. The molecule has 0 bridgehead atoms. The van der Waals surface area contributed by atoms with E-state index in [1.165, 1.54) is 19.5 Å². The molecule has 1 N–H and O–H groups in total. The molecule has 0 spiro atoms. The third-order valence-corrected chi connectivity index (χ3v) is 3.26. The van der Waals surface area contributed by atoms with Gasteiger partial charge in [-0.15, -0.1) is 0 Å². The van der Waals surface area contributed by atoms with Gasteiger partial charge in [0, 0.05) is 25.2 Å². The zero-order chi connectivity index (χ0) is 10.8. The monoisotopic (exact) mass is 198 g/mol. The van der Waals surface area contributed by atoms with Crippen LogP contribution in [0.4, 0.5) is 0 Å². The molecule has 1 unspecified atom stereocenters. The van der Waals surface area contributed by atoms with Gasteiger partial charge in [-0.25, -0.2) is 0 Å². The van der Waals surface area contributed by atoms with Crippen molar-refractivity contribution < 1.29 is 0 Å². The van der Waals surface area contributed by atoms with Crippen LogP contribution in [0.2, 0.25) is 0 Å². The van der Waals surface area contributed by atoms with Crippen LogP contribution >= 0.6 is 0 Å². The number of rotatable bonds is 4. The Morgan fingerprint density at radius 1 is 1.43 bits per heavy atom. The summed E-state index contributed by atoms with van der Waals surface area (Å²) in [5.74, 6) is 0. The minimum absolute atomic E-state index is 0.501. The average molecular weight is 198 g/mol. The molecule has 0 aromatic carbocycles. The first-order valence-corrected chi connectivity index (χ1v) is 5.92. The van der Waals surface area contributed by atoms with E-state index in [4.69, 9.17) is 0 Å². The van der Waals surface area contributed by atoms with Gasteiger partial charge in [0.1, 0.15) is 0 Å². The fourth-order valence-corrected chi connectivity index (χ4v) is 2.35. The van der Waals surface area contributed by atoms with E-state index in [2.05, 4.69) is 44.8 Å². The fraction of sp³-hybridized carbons (Fsp3) is 1.00. The number of likely N-dealkylation sites (N-methyl/N-ethyl adjacent to an activating group) is 1. The highest BCUT2D eigenvalue weighted by Crippen LogP contribution is 2.27. The number of nitrogens with zero attached hydrogens (tertiary/aromatic N) is 1. The van der Waals surface area contributed by atoms with Crippen molar-refractivity contribution in [2.24, 2.45) is 5.41 Å². The van der Waals surface area contributed by atoms with Gasteiger partial charge in [-0.05, 0) is 32.2 Å². The summed E-state index contributed by atoms with van der Waals surface area (Å²) in [4.78, 5) is 2.54. The predicted octanol–water partition coefficient (Wildman–Crippen LogP) is 2.10. The summed E-state index contributed by atoms with van der Waals surface area (Å²) in [6.07, 6.45) is 1.32. The molecule has 1 aliphatic heterocycles. The van der Waals surface area contributed by atoms with Crippen molar-refractivity contribution in [3.63, 3.8) is 0 Å². The molecule has 84 valence electrons. The Bertz CT molecular complexity index is 175. The second-order valence-electron chi connectivity index (χ2n) is 5.63. The largest absolute Gasteiger partial charge is 0.312 e. The third kappa shape index (κ3) is 3.25. The first-order chi connectivity index (χ1) is 6.44. The lowest BCUT2D eigenvalue weighted by Crippen LogP contribution is -2.41. The highest BCUT2D eigenvalue weighted by atomic mass is 15.2. The van der Waals surface area contributed by atoms with Crippen molar-refractivity contribution in [2.75, 3.05) is 19.6 Å². The molecule has 2 nitrogen and oxygen atoms in total. The first-order valence-electron chi connectivity index (χ1n) is 5.92. The summed E-state index contributed by atoms with van der Waals surface area (Å²) in [6, 6.07) is 1.37. The molecular weight excluding hydrogens is 172 g/mol. The van der Waals surface area contributed by atoms with Crippen molar-refractivity contribution in [3.8, 4) is 0 Å². The average Bonchev–Trinajstić information content (AvgIpc) is 2.41. The highest BCUT2D eigenvalue weighted by molar-refractivity contribution is 4.89. The smallest absolute Gasteiger partial charge is 0.0200 e. The molecule has 14 heavy (non-hydrogen) atoms. The van der Waals surface area contributed by atoms with Crippen molar-refractivity contribution in [3.05, 3.63) is 0 Å². The number of hydrogen-bond acceptors (Lipinski definition) is 2. The second-order valence-corrected chi connectivity index (χ2v) is 5.63. The lowest BCUT2D eigenvalue weighted by molar-refractivity contribution is 0.209. The standard InChI is InChI=1S/C12H26N2/c1-6-14(10(2)3)8-11-7-12(4,5)9-13-11/h10-11,13H,6-9H2,1-5H3. The van der Waals surface area contributed by atoms with Gasteiger partial charge in [-0.1, -0.05) is 20.8 Å². The van der Waals surface area contributed by atoms with Crippen LogP contribution in [0.1, 0.15) is 41.0 Å². The second kappa shape index (κ2) is 4.63. The van der Waals surface area contributed by atoms with Gasteiger partial charge < -0.3 is 5.32 Å². The first kappa shape index (κ1) is 12.0. The van der Waals surface area contributed by atoms with Gasteiger partial charge in [0.25, 0.3) is 0 Å². The van der Waals surface area contributed by atoms with Crippen LogP contribution in [0.3, 0.4) is 0 Å². The van der Waals surface area contributed by atoms with E-state index in [0.717, 1.165) is 6.54 Å². The maximum absolute atomic E-state index is 3.62. The van der Waals surface area contributed by atoms with Crippen LogP contribution in [-0.4, -0.2) is 36.6 Å². The van der Waals surface area contributed by atoms with Gasteiger partial charge >= 0.3 is 0 Å². The molecule has 0 radical (unpaired) electrons. The number of nitrogens with one attached hydrogen (secondary N) is 1. The molecule has 0 aromatic rings. The highest BCUT2D eigenvalue weighted by Gasteiger charge is 2.31. The Kier molecular flexibility index (Phi) is 3.96. The molecular formula is C12H26N2. The Balaban J connectivity index is 2.38. The van der Waals surface area contributed by atoms with E-state index in [-0.39, 0.29) is 0 Å². The van der Waals surface area contributed by atoms with Crippen LogP contribution in [0, 0.1) is 5.41 Å². The van der Waals surface area contributed by atoms with E-state index >= 15 is 0 Å². The molecule has 0 amide bonds. The predicted molar refractivity (Wildman–Crippen MR) is 62.6 cm³/mol. The third-order valence-electron chi connectivity index (χ3n) is 3.26. The van der Waals surface area contributed by atoms with Gasteiger partial charge in [0.05, 0.1) is 0 Å². The lowest BCUT2D eigenvalue weighted by Gasteiger charge is -2.28. The Labute approximate surface area is 89.1 Å². The fourth-order valence-electron chi connectivity index (χ4n) is 2.35. The van der Waals surface area contributed by atoms with Crippen LogP contribution < -0.4 is 5.32 Å². The molecule has 0 aromatic heterocycles. The zero-order valence-electron chi connectivity index (χ0n) is 10.4. The summed E-state index contributed by atoms with van der Waals surface area (Å²) in [7, 11) is 0. The van der Waals surface area contributed by atoms with Gasteiger partial charge in [-0.2, -0.15) is 0 Å². The van der Waals surface area contributed by atoms with E-state index in [9.17, 15) is 0 Å². The lowest BCUT2D eigenvalue weighted by atomic mass is 9.90. The van der Waals surface area contributed by atoms with Gasteiger partial charge in [0.15, 0.2) is 0 Å². The van der Waals surface area contributed by atoms with Gasteiger partial charge in [-0.3, -0.25) is 4.90 Å². The molecule has 1 heterocycles. The molecule has 2 heteroatoms. The molecule has 0 aliphatic carbocycles. The molecule has 0 saturated carbocycles. The summed E-state index contributed by atoms with van der Waals surface area (Å²) in [5, 5.41) is 3.62. The van der Waals surface area contributed by atoms with Crippen LogP contribution in [0.5, 0.6) is 0 Å². The Hall–Kier alpha value is -0.0800. The van der Waals surface area contributed by atoms with Crippen LogP contribution in [-0.2, 0) is 0 Å². The maximum atomic E-state index is 3.62. The maximum Gasteiger partial charge on any atom is 0.0200 e. The minimum Gasteiger partial charge on any atom is -0.312 e. The van der Waals surface area contributed by atoms with E-state index in [1.54, 1.807) is 0 Å². The Morgan fingerprint density at radius 2 is 2.07 bits per heavy atom. The topological polar surface area (TPSA) is 15.3 Å². The summed E-state index contributed by atoms with van der Waals surface area (Å²) < 4.78 is 0. The van der Waals surface area contributed by atoms with Crippen LogP contribution in [0.15, 0.2) is 0 Å².